The van der Waals surface area contributed by atoms with Gasteiger partial charge in [-0.3, -0.25) is 42.7 Å². The van der Waals surface area contributed by atoms with Crippen LogP contribution in [-0.2, 0) is 59.1 Å². The standard InChI is InChI=1S/C56H62N9O21P3.3H2/c1-6-63(50(69)20-19-48(67)57-21-9-10-34-30-65(56(74)60-54(34)71)51-27-44(66)47(84-51)32-82-88(78,79)86-89(80,81)85-87(75,76)77)28-35-29-64(43-12-8-7-11-38(35)43)31-49(68)58-22-23-59-53(70)33-13-16-39(42(24-33)55(72)73)52-40-17-14-36(61(2)3)25-45(40)83-46-26-37(62(4)5)15-18-41(46)52;;;/h7-8,11-18,24-26,29-30,44,47,51,66H,6,19-23,27-28,31-32H2,1-5H3,(H8-,57,58,59,60,67,68,70,71,72,73,74,75,76,77,78,79,80,81);3*1H/p-2. The van der Waals surface area contributed by atoms with Crippen molar-refractivity contribution in [3.05, 3.63) is 140 Å². The molecule has 8 rings (SSSR count). The van der Waals surface area contributed by atoms with Crippen LogP contribution in [0.15, 0.2) is 105 Å². The maximum atomic E-state index is 13.5. The normalized spacial score (nSPS) is 16.2. The van der Waals surface area contributed by atoms with Crippen LogP contribution in [0, 0.1) is 11.8 Å². The number of carboxylic acids is 1. The third-order valence-electron chi connectivity index (χ3n) is 14.0. The zero-order valence-corrected chi connectivity index (χ0v) is 50.9. The van der Waals surface area contributed by atoms with E-state index in [2.05, 4.69) is 40.9 Å². The van der Waals surface area contributed by atoms with Crippen LogP contribution < -0.4 is 56.9 Å². The molecule has 1 saturated heterocycles. The van der Waals surface area contributed by atoms with Crippen molar-refractivity contribution in [3.63, 3.8) is 0 Å². The molecule has 478 valence electrons. The molecule has 0 spiro atoms. The Morgan fingerprint density at radius 3 is 2.31 bits per heavy atom. The molecule has 30 nitrogen and oxygen atoms in total. The SMILES string of the molecule is CCN(Cc1cn(CC(=O)NCCNC(=O)c2ccc(-c3c4ccc(=[N+](C)C)cc-4oc4cc(N(C)C)ccc34)c(C(=O)[O-])c2)c2ccccc12)C(=O)CCC(=O)NCC#Cc1cn(C2CC(O)C(COP(=O)([O-])OP(=O)([O-])OP(=O)(O)O)O2)c(=O)[nH]c1=O.[HH].[HH].[HH]. The number of benzene rings is 4. The summed E-state index contributed by atoms with van der Waals surface area (Å²) in [6.45, 7) is 0.660. The Balaban J connectivity index is 0.00000512. The minimum absolute atomic E-state index is 0. The van der Waals surface area contributed by atoms with Crippen molar-refractivity contribution in [2.24, 2.45) is 0 Å². The number of rotatable bonds is 24. The van der Waals surface area contributed by atoms with E-state index in [1.54, 1.807) is 29.8 Å². The summed E-state index contributed by atoms with van der Waals surface area (Å²) in [4.78, 5) is 137. The third kappa shape index (κ3) is 16.9. The summed E-state index contributed by atoms with van der Waals surface area (Å²) in [6, 6.07) is 22.9. The number of hydrogen-bond donors (Lipinski definition) is 7. The Morgan fingerprint density at radius 2 is 1.61 bits per heavy atom. The van der Waals surface area contributed by atoms with Gasteiger partial charge in [0.15, 0.2) is 0 Å². The maximum absolute atomic E-state index is 13.5. The Hall–Kier alpha value is -8.39. The van der Waals surface area contributed by atoms with Crippen LogP contribution in [0.5, 0.6) is 0 Å². The average molecular weight is 1290 g/mol. The van der Waals surface area contributed by atoms with Crippen molar-refractivity contribution in [3.8, 4) is 34.3 Å². The fourth-order valence-electron chi connectivity index (χ4n) is 9.67. The number of para-hydroxylation sites is 1. The number of aromatic carboxylic acids is 1. The van der Waals surface area contributed by atoms with Gasteiger partial charge in [-0.1, -0.05) is 36.1 Å². The minimum Gasteiger partial charge on any atom is -0.756 e. The second-order valence-corrected chi connectivity index (χ2v) is 24.9. The largest absolute Gasteiger partial charge is 0.756 e. The van der Waals surface area contributed by atoms with Crippen molar-refractivity contribution in [1.29, 1.82) is 0 Å². The van der Waals surface area contributed by atoms with Crippen molar-refractivity contribution in [2.45, 2.75) is 57.7 Å². The average Bonchev–Trinajstić information content (AvgIpc) is 0.963. The maximum Gasteiger partial charge on any atom is 0.476 e. The first-order valence-electron chi connectivity index (χ1n) is 27.1. The summed E-state index contributed by atoms with van der Waals surface area (Å²) in [5.41, 5.74) is 1.96. The lowest BCUT2D eigenvalue weighted by atomic mass is 9.89. The topological polar surface area (TPSA) is 422 Å². The Morgan fingerprint density at radius 1 is 0.876 bits per heavy atom. The summed E-state index contributed by atoms with van der Waals surface area (Å²) >= 11 is 0. The Labute approximate surface area is 510 Å². The highest BCUT2D eigenvalue weighted by Gasteiger charge is 2.38. The van der Waals surface area contributed by atoms with Gasteiger partial charge in [-0.05, 0) is 54.4 Å². The Kier molecular flexibility index (Phi) is 20.9. The van der Waals surface area contributed by atoms with Crippen LogP contribution in [0.2, 0.25) is 0 Å². The number of hydrogen-bond acceptors (Lipinski definition) is 20. The van der Waals surface area contributed by atoms with Gasteiger partial charge in [-0.15, -0.1) is 0 Å². The Bertz CT molecular complexity index is 4310. The first kappa shape index (κ1) is 66.6. The zero-order valence-electron chi connectivity index (χ0n) is 48.2. The summed E-state index contributed by atoms with van der Waals surface area (Å²) in [5, 5.41) is 33.6. The molecule has 1 aliphatic carbocycles. The van der Waals surface area contributed by atoms with Crippen molar-refractivity contribution < 1.29 is 94.0 Å². The molecule has 3 aliphatic rings. The molecule has 5 unspecified atom stereocenters. The van der Waals surface area contributed by atoms with Crippen LogP contribution in [-0.4, -0.2) is 137 Å². The molecule has 89 heavy (non-hydrogen) atoms. The van der Waals surface area contributed by atoms with Crippen molar-refractivity contribution in [2.75, 3.05) is 65.9 Å². The number of aromatic amines is 1. The number of amides is 4. The monoisotopic (exact) mass is 1290 g/mol. The number of aliphatic hydroxyl groups excluding tert-OH is 1. The molecule has 2 aromatic heterocycles. The molecule has 0 saturated carbocycles. The van der Waals surface area contributed by atoms with E-state index in [-0.39, 0.29) is 84.9 Å². The molecule has 2 aliphatic heterocycles. The first-order valence-corrected chi connectivity index (χ1v) is 31.6. The molecule has 5 aromatic rings. The van der Waals surface area contributed by atoms with Crippen molar-refractivity contribution in [1.82, 2.24) is 39.5 Å². The summed E-state index contributed by atoms with van der Waals surface area (Å²) in [5.74, 6) is 2.19. The molecule has 7 N–H and O–H groups in total. The van der Waals surface area contributed by atoms with E-state index in [0.717, 1.165) is 32.8 Å². The van der Waals surface area contributed by atoms with E-state index in [0.29, 0.717) is 38.9 Å². The molecule has 0 radical (unpaired) electrons. The molecule has 3 aromatic carbocycles. The van der Waals surface area contributed by atoms with Gasteiger partial charge in [0.05, 0.1) is 31.3 Å². The van der Waals surface area contributed by atoms with Crippen molar-refractivity contribution >= 4 is 80.6 Å². The molecular weight excluding hydrogens is 1230 g/mol. The van der Waals surface area contributed by atoms with Gasteiger partial charge in [0.1, 0.15) is 49.9 Å². The smallest absolute Gasteiger partial charge is 0.476 e. The van der Waals surface area contributed by atoms with E-state index in [1.165, 1.54) is 17.0 Å². The number of carbonyl (C=O) groups is 5. The lowest BCUT2D eigenvalue weighted by molar-refractivity contribution is -0.255. The predicted molar refractivity (Wildman–Crippen MR) is 319 cm³/mol. The summed E-state index contributed by atoms with van der Waals surface area (Å²) in [6.07, 6.45) is -2.56. The molecule has 1 fully saturated rings. The molecule has 0 bridgehead atoms. The van der Waals surface area contributed by atoms with E-state index in [4.69, 9.17) is 18.9 Å². The third-order valence-corrected chi connectivity index (χ3v) is 17.7. The van der Waals surface area contributed by atoms with Crippen LogP contribution in [0.25, 0.3) is 44.3 Å². The van der Waals surface area contributed by atoms with Crippen LogP contribution >= 0.6 is 23.5 Å². The lowest BCUT2D eigenvalue weighted by Gasteiger charge is -2.31. The molecule has 4 heterocycles. The number of fused-ring (bicyclic) bond motifs is 3. The number of H-pyrrole nitrogens is 1. The van der Waals surface area contributed by atoms with E-state index >= 15 is 0 Å². The number of nitrogens with one attached hydrogen (secondary N) is 4. The van der Waals surface area contributed by atoms with Gasteiger partial charge in [0.25, 0.3) is 27.1 Å². The highest BCUT2D eigenvalue weighted by atomic mass is 31.3. The quantitative estimate of drug-likeness (QED) is 0.0144. The fraction of sp³-hybridized carbons (Fsp3) is 0.321. The minimum atomic E-state index is -6.14. The van der Waals surface area contributed by atoms with E-state index in [9.17, 15) is 67.3 Å². The van der Waals surface area contributed by atoms with Crippen LogP contribution in [0.3, 0.4) is 0 Å². The number of nitrogens with zero attached hydrogens (tertiary/aromatic N) is 5. The van der Waals surface area contributed by atoms with Crippen LogP contribution in [0.1, 0.15) is 68.5 Å². The highest BCUT2D eigenvalue weighted by Crippen LogP contribution is 2.62. The van der Waals surface area contributed by atoms with Gasteiger partial charge in [0.2, 0.25) is 23.1 Å². The second-order valence-electron chi connectivity index (χ2n) is 20.6. The number of carbonyl (C=O) groups excluding carboxylic acids is 5. The van der Waals surface area contributed by atoms with Crippen LogP contribution in [0.4, 0.5) is 5.69 Å². The van der Waals surface area contributed by atoms with E-state index in [1.807, 2.05) is 97.2 Å². The number of phosphoric acid groups is 3. The fourth-order valence-corrected chi connectivity index (χ4v) is 12.6. The number of phosphoric ester groups is 1. The number of aliphatic hydroxyl groups is 1. The summed E-state index contributed by atoms with van der Waals surface area (Å²) in [7, 11) is -10.2. The van der Waals surface area contributed by atoms with Gasteiger partial charge < -0.3 is 78.6 Å². The lowest BCUT2D eigenvalue weighted by Crippen LogP contribution is -2.36. The highest BCUT2D eigenvalue weighted by molar-refractivity contribution is 7.65. The number of aromatic nitrogens is 3. The second kappa shape index (κ2) is 28.0. The number of anilines is 1. The molecule has 5 atom stereocenters. The van der Waals surface area contributed by atoms with E-state index < -0.39 is 84.0 Å². The first-order chi connectivity index (χ1) is 42.0. The van der Waals surface area contributed by atoms with Gasteiger partial charge >= 0.3 is 13.5 Å². The van der Waals surface area contributed by atoms with Gasteiger partial charge in [-0.2, -0.15) is 0 Å². The predicted octanol–water partition coefficient (Wildman–Crippen LogP) is 0.779. The van der Waals surface area contributed by atoms with Gasteiger partial charge in [-0.25, -0.2) is 22.6 Å². The number of carboxylic acid groups (broad SMARTS) is 1. The van der Waals surface area contributed by atoms with Gasteiger partial charge in [0, 0.05) is 133 Å². The molecule has 4 amide bonds. The molecular formula is C56H66N9O21P3-2. The summed E-state index contributed by atoms with van der Waals surface area (Å²) < 4.78 is 61.9. The molecule has 33 heteroatoms. The number of ether oxygens (including phenoxy) is 1. The zero-order chi connectivity index (χ0) is 64.7.